The Hall–Kier alpha value is -10.2. The predicted octanol–water partition coefficient (Wildman–Crippen LogP) is 27.5. The molecule has 3 heteroatoms. The van der Waals surface area contributed by atoms with Crippen molar-refractivity contribution in [3.05, 3.63) is 278 Å². The summed E-state index contributed by atoms with van der Waals surface area (Å²) >= 11 is 0. The van der Waals surface area contributed by atoms with Crippen LogP contribution in [0, 0.1) is 11.8 Å². The van der Waals surface area contributed by atoms with Crippen molar-refractivity contribution in [3.8, 4) is 55.6 Å². The zero-order chi connectivity index (χ0) is 69.3. The molecule has 3 saturated carbocycles. The third-order valence-electron chi connectivity index (χ3n) is 28.8. The summed E-state index contributed by atoms with van der Waals surface area (Å²) in [6.45, 7) is 20.5. The van der Waals surface area contributed by atoms with E-state index in [0.717, 1.165) is 32.1 Å². The Labute approximate surface area is 607 Å². The lowest BCUT2D eigenvalue weighted by Crippen LogP contribution is -2.56. The van der Waals surface area contributed by atoms with Crippen LogP contribution in [0.1, 0.15) is 136 Å². The van der Waals surface area contributed by atoms with Gasteiger partial charge in [-0.25, -0.2) is 0 Å². The number of para-hydroxylation sites is 3. The van der Waals surface area contributed by atoms with Gasteiger partial charge in [0.05, 0.1) is 16.6 Å². The fourth-order valence-electron chi connectivity index (χ4n) is 23.3. The maximum atomic E-state index is 2.74. The number of nitrogens with zero attached hydrogens (tertiary/aromatic N) is 3. The quantitative estimate of drug-likeness (QED) is 0.150. The molecule has 15 aromatic rings. The van der Waals surface area contributed by atoms with Crippen LogP contribution < -0.4 is 14.7 Å². The second-order valence-corrected chi connectivity index (χ2v) is 33.9. The zero-order valence-electron chi connectivity index (χ0n) is 60.9. The van der Waals surface area contributed by atoms with Crippen molar-refractivity contribution in [3.63, 3.8) is 0 Å². The second-order valence-electron chi connectivity index (χ2n) is 33.9. The standard InChI is InChI=1S/C100H89N3/c1-62-51-55-96(4)81-57-66(39-48-84(81)102(99(96,7)60-62)70-33-20-12-21-34-70)72-42-45-77-88-75(72)37-26-38-76(88)91-86(64-27-14-9-15-28-64)93-78-46-44-74(68-41-50-85-82(59-68)97(5)56-52-63(2)61-100(97,8)103(85)71-35-22-13-23-36-71)89-73(43-47-79(90(78)89)94(93)87(92(77)91)65-29-16-10-17-30-65)67-40-49-83-80(58-67)95(3)53-24-25-54-98(95,6)101(83)69-31-18-11-19-32-69/h9-23,26-50,57-59,62-63H,24-25,51-56,60-61H2,1-8H3. The lowest BCUT2D eigenvalue weighted by molar-refractivity contribution is 0.154. The Morgan fingerprint density at radius 1 is 0.272 bits per heavy atom. The minimum absolute atomic E-state index is 0.0246. The van der Waals surface area contributed by atoms with Crippen LogP contribution in [-0.2, 0) is 16.2 Å². The highest BCUT2D eigenvalue weighted by Gasteiger charge is 2.61. The van der Waals surface area contributed by atoms with Gasteiger partial charge in [0, 0.05) is 50.4 Å². The van der Waals surface area contributed by atoms with Crippen molar-refractivity contribution in [1.82, 2.24) is 0 Å². The normalized spacial score (nSPS) is 25.7. The lowest BCUT2D eigenvalue weighted by atomic mass is 9.59. The molecule has 0 N–H and O–H groups in total. The van der Waals surface area contributed by atoms with Crippen molar-refractivity contribution < 1.29 is 0 Å². The van der Waals surface area contributed by atoms with Crippen LogP contribution in [0.25, 0.3) is 120 Å². The molecule has 3 fully saturated rings. The molecule has 6 aliphatic rings. The van der Waals surface area contributed by atoms with E-state index in [1.54, 1.807) is 0 Å². The first-order chi connectivity index (χ1) is 50.1. The number of rotatable bonds is 8. The third-order valence-corrected chi connectivity index (χ3v) is 28.8. The summed E-state index contributed by atoms with van der Waals surface area (Å²) in [6, 6.07) is 102. The molecule has 3 aliphatic heterocycles. The van der Waals surface area contributed by atoms with Crippen LogP contribution in [0.2, 0.25) is 0 Å². The van der Waals surface area contributed by atoms with E-state index in [9.17, 15) is 0 Å². The summed E-state index contributed by atoms with van der Waals surface area (Å²) in [7, 11) is 0. The largest absolute Gasteiger partial charge is 0.334 e. The fourth-order valence-corrected chi connectivity index (χ4v) is 23.3. The molecule has 0 aromatic heterocycles. The third kappa shape index (κ3) is 8.02. The maximum Gasteiger partial charge on any atom is 0.0520 e. The fraction of sp³-hybridized carbons (Fsp3) is 0.260. The van der Waals surface area contributed by atoms with Crippen molar-refractivity contribution in [2.75, 3.05) is 14.7 Å². The molecule has 21 rings (SSSR count). The number of anilines is 6. The molecule has 0 amide bonds. The van der Waals surface area contributed by atoms with Gasteiger partial charge >= 0.3 is 0 Å². The van der Waals surface area contributed by atoms with Gasteiger partial charge in [-0.2, -0.15) is 0 Å². The molecule has 8 atom stereocenters. The van der Waals surface area contributed by atoms with Crippen molar-refractivity contribution in [2.24, 2.45) is 11.8 Å². The van der Waals surface area contributed by atoms with Gasteiger partial charge in [0.1, 0.15) is 0 Å². The smallest absolute Gasteiger partial charge is 0.0520 e. The first-order valence-electron chi connectivity index (χ1n) is 38.7. The second kappa shape index (κ2) is 21.7. The molecule has 3 nitrogen and oxygen atoms in total. The van der Waals surface area contributed by atoms with Crippen LogP contribution in [0.3, 0.4) is 0 Å². The highest BCUT2D eigenvalue weighted by Crippen LogP contribution is 2.67. The molecule has 15 aromatic carbocycles. The van der Waals surface area contributed by atoms with E-state index in [2.05, 4.69) is 331 Å². The Morgan fingerprint density at radius 2 is 0.621 bits per heavy atom. The summed E-state index contributed by atoms with van der Waals surface area (Å²) in [5, 5.41) is 16.0. The molecule has 0 radical (unpaired) electrons. The van der Waals surface area contributed by atoms with E-state index >= 15 is 0 Å². The highest BCUT2D eigenvalue weighted by molar-refractivity contribution is 6.47. The first kappa shape index (κ1) is 61.4. The van der Waals surface area contributed by atoms with Gasteiger partial charge in [-0.1, -0.05) is 236 Å². The van der Waals surface area contributed by atoms with Gasteiger partial charge < -0.3 is 14.7 Å². The van der Waals surface area contributed by atoms with E-state index in [0.29, 0.717) is 11.8 Å². The monoisotopic (exact) mass is 1330 g/mol. The molecular formula is C100H89N3. The summed E-state index contributed by atoms with van der Waals surface area (Å²) < 4.78 is 0. The molecule has 0 spiro atoms. The average molecular weight is 1330 g/mol. The Balaban J connectivity index is 0.851. The summed E-state index contributed by atoms with van der Waals surface area (Å²) in [5.74, 6) is 1.28. The average Bonchev–Trinajstić information content (AvgIpc) is 1.52. The molecule has 103 heavy (non-hydrogen) atoms. The molecule has 8 unspecified atom stereocenters. The van der Waals surface area contributed by atoms with Gasteiger partial charge in [0.25, 0.3) is 0 Å². The van der Waals surface area contributed by atoms with Crippen LogP contribution in [0.15, 0.2) is 261 Å². The van der Waals surface area contributed by atoms with Crippen LogP contribution >= 0.6 is 0 Å². The number of hydrogen-bond acceptors (Lipinski definition) is 3. The maximum absolute atomic E-state index is 2.74. The van der Waals surface area contributed by atoms with E-state index in [1.165, 1.54) is 203 Å². The van der Waals surface area contributed by atoms with Crippen molar-refractivity contribution in [2.45, 2.75) is 152 Å². The van der Waals surface area contributed by atoms with E-state index < -0.39 is 0 Å². The molecule has 3 heterocycles. The van der Waals surface area contributed by atoms with Gasteiger partial charge in [-0.15, -0.1) is 0 Å². The zero-order valence-corrected chi connectivity index (χ0v) is 60.9. The first-order valence-corrected chi connectivity index (χ1v) is 38.7. The molecule has 504 valence electrons. The molecule has 0 saturated heterocycles. The minimum Gasteiger partial charge on any atom is -0.334 e. The lowest BCUT2D eigenvalue weighted by Gasteiger charge is -2.52. The van der Waals surface area contributed by atoms with Crippen molar-refractivity contribution >= 4 is 98.8 Å². The molecule has 0 bridgehead atoms. The van der Waals surface area contributed by atoms with Crippen LogP contribution in [-0.4, -0.2) is 16.6 Å². The SMILES string of the molecule is CC1CCC2(C)c3cc(-c4ccc5c6c(-c7ccccc7)c7c8ccc(-c9ccc%10c(c9)C9(C)CCCCC9(C)N%10c9ccccc9)c9c(-c%10ccc%11c(c%10)C%10(C)CCC(C)CC%10(C)N%11c%10ccccc%10)ccc(c7c(-c7ccccc7)c6c6cccc4c65)c98)ccc3N(c3ccccc3)C2(C)C1. The van der Waals surface area contributed by atoms with Gasteiger partial charge in [0.2, 0.25) is 0 Å². The van der Waals surface area contributed by atoms with Gasteiger partial charge in [-0.05, 0) is 294 Å². The van der Waals surface area contributed by atoms with Crippen LogP contribution in [0.5, 0.6) is 0 Å². The summed E-state index contributed by atoms with van der Waals surface area (Å²) in [6.07, 6.45) is 11.9. The number of benzene rings is 13. The predicted molar refractivity (Wildman–Crippen MR) is 439 cm³/mol. The number of hydrogen-bond donors (Lipinski definition) is 0. The summed E-state index contributed by atoms with van der Waals surface area (Å²) in [5.41, 5.74) is 24.9. The van der Waals surface area contributed by atoms with Gasteiger partial charge in [-0.3, -0.25) is 0 Å². The minimum atomic E-state index is -0.0994. The van der Waals surface area contributed by atoms with E-state index in [4.69, 9.17) is 0 Å². The van der Waals surface area contributed by atoms with Crippen LogP contribution in [0.4, 0.5) is 34.1 Å². The topological polar surface area (TPSA) is 9.72 Å². The number of fused-ring (bicyclic) bond motifs is 15. The molecule has 3 aliphatic carbocycles. The Kier molecular flexibility index (Phi) is 12.9. The summed E-state index contributed by atoms with van der Waals surface area (Å²) in [4.78, 5) is 8.20. The van der Waals surface area contributed by atoms with E-state index in [-0.39, 0.29) is 32.9 Å². The van der Waals surface area contributed by atoms with Crippen molar-refractivity contribution in [1.29, 1.82) is 0 Å². The molecular weight excluding hydrogens is 1240 g/mol. The highest BCUT2D eigenvalue weighted by atomic mass is 15.3. The van der Waals surface area contributed by atoms with Gasteiger partial charge in [0.15, 0.2) is 0 Å². The Bertz CT molecular complexity index is 5890. The Morgan fingerprint density at radius 3 is 1.06 bits per heavy atom. The van der Waals surface area contributed by atoms with E-state index in [1.807, 2.05) is 0 Å².